The van der Waals surface area contributed by atoms with Crippen molar-refractivity contribution < 1.29 is 108 Å². The standard InChI is InChI=1S/C36H44F18N8O6/c37-31(38,39)25(63)55-9-1-13-59(17-19-61(29(67)35(49,50)51)15-3-11-57-27(65)33(43,44)45)21-23-5-7-24(8-6-23)22-60(14-2-10-56-26(64)32(40,41)42)18-20-62(30(68)36(52,53)54)16-4-12-58-28(66)34(46,47)48/h5-8H,1-4,9-22H2,(H,55,63)(H,56,64)(H,57,65)(H,58,66). The lowest BCUT2D eigenvalue weighted by Gasteiger charge is -2.29. The van der Waals surface area contributed by atoms with Crippen LogP contribution in [0, 0.1) is 0 Å². The number of hydrogen-bond acceptors (Lipinski definition) is 8. The van der Waals surface area contributed by atoms with Crippen LogP contribution in [0.5, 0.6) is 0 Å². The number of nitrogens with one attached hydrogen (secondary N) is 4. The van der Waals surface area contributed by atoms with Gasteiger partial charge in [0.05, 0.1) is 0 Å². The van der Waals surface area contributed by atoms with Crippen molar-refractivity contribution in [2.45, 2.75) is 75.8 Å². The maximum atomic E-state index is 13.4. The maximum Gasteiger partial charge on any atom is 0.471 e. The molecular weight excluding hydrogens is 982 g/mol. The molecule has 1 aromatic rings. The molecule has 0 radical (unpaired) electrons. The van der Waals surface area contributed by atoms with Crippen molar-refractivity contribution in [1.29, 1.82) is 0 Å². The molecule has 1 aromatic carbocycles. The zero-order chi connectivity index (χ0) is 52.3. The van der Waals surface area contributed by atoms with Gasteiger partial charge in [-0.2, -0.15) is 79.0 Å². The molecule has 6 amide bonds. The second-order valence-electron chi connectivity index (χ2n) is 14.4. The Kier molecular flexibility index (Phi) is 23.6. The summed E-state index contributed by atoms with van der Waals surface area (Å²) < 4.78 is 232. The van der Waals surface area contributed by atoms with Gasteiger partial charge < -0.3 is 31.1 Å². The SMILES string of the molecule is O=C(NCCCN(CCN(CCCNC(=O)C(F)(F)F)C(=O)C(F)(F)F)Cc1ccc(CN(CCCNC(=O)C(F)(F)F)CCN(CCCNC(=O)C(F)(F)F)C(=O)C(F)(F)F)cc1)C(F)(F)F. The van der Waals surface area contributed by atoms with E-state index in [9.17, 15) is 108 Å². The maximum absolute atomic E-state index is 13.4. The topological polar surface area (TPSA) is 163 Å². The average Bonchev–Trinajstić information content (AvgIpc) is 3.20. The fraction of sp³-hybridized carbons (Fsp3) is 0.667. The third-order valence-corrected chi connectivity index (χ3v) is 8.95. The number of nitrogens with zero attached hydrogens (tertiary/aromatic N) is 4. The quantitative estimate of drug-likeness (QED) is 0.0788. The van der Waals surface area contributed by atoms with E-state index in [4.69, 9.17) is 0 Å². The van der Waals surface area contributed by atoms with Gasteiger partial charge in [-0.25, -0.2) is 0 Å². The van der Waals surface area contributed by atoms with Gasteiger partial charge in [0.15, 0.2) is 0 Å². The van der Waals surface area contributed by atoms with Crippen LogP contribution in [0.2, 0.25) is 0 Å². The highest BCUT2D eigenvalue weighted by Crippen LogP contribution is 2.22. The Balaban J connectivity index is 3.31. The van der Waals surface area contributed by atoms with E-state index in [1.54, 1.807) is 10.6 Å². The Hall–Kier alpha value is -5.30. The van der Waals surface area contributed by atoms with Gasteiger partial charge in [-0.1, -0.05) is 24.3 Å². The van der Waals surface area contributed by atoms with Crippen LogP contribution in [-0.4, -0.2) is 171 Å². The summed E-state index contributed by atoms with van der Waals surface area (Å²) >= 11 is 0. The van der Waals surface area contributed by atoms with Crippen molar-refractivity contribution in [3.8, 4) is 0 Å². The molecule has 0 saturated heterocycles. The number of benzene rings is 1. The normalized spacial score (nSPS) is 12.8. The third-order valence-electron chi connectivity index (χ3n) is 8.95. The molecule has 0 aliphatic carbocycles. The Morgan fingerprint density at radius 1 is 0.338 bits per heavy atom. The van der Waals surface area contributed by atoms with Crippen molar-refractivity contribution in [3.05, 3.63) is 35.4 Å². The molecule has 0 spiro atoms. The Bertz CT molecular complexity index is 1660. The summed E-state index contributed by atoms with van der Waals surface area (Å²) in [6.45, 7) is -7.91. The first-order valence-corrected chi connectivity index (χ1v) is 19.7. The number of amides is 6. The summed E-state index contributed by atoms with van der Waals surface area (Å²) in [6, 6.07) is 5.52. The van der Waals surface area contributed by atoms with E-state index >= 15 is 0 Å². The van der Waals surface area contributed by atoms with Gasteiger partial charge in [-0.05, 0) is 36.8 Å². The molecule has 390 valence electrons. The second-order valence-corrected chi connectivity index (χ2v) is 14.4. The van der Waals surface area contributed by atoms with Crippen molar-refractivity contribution in [2.24, 2.45) is 0 Å². The first-order chi connectivity index (χ1) is 31.0. The number of rotatable bonds is 26. The summed E-state index contributed by atoms with van der Waals surface area (Å²) in [5.41, 5.74) is 0.634. The molecule has 0 aliphatic rings. The van der Waals surface area contributed by atoms with Crippen LogP contribution >= 0.6 is 0 Å². The predicted octanol–water partition coefficient (Wildman–Crippen LogP) is 4.35. The van der Waals surface area contributed by atoms with Gasteiger partial charge >= 0.3 is 72.5 Å². The van der Waals surface area contributed by atoms with E-state index in [0.717, 1.165) is 0 Å². The Labute approximate surface area is 374 Å². The summed E-state index contributed by atoms with van der Waals surface area (Å²) in [5, 5.41) is 6.01. The molecule has 0 saturated carbocycles. The van der Waals surface area contributed by atoms with Crippen LogP contribution < -0.4 is 21.3 Å². The number of carbonyl (C=O) groups is 6. The third kappa shape index (κ3) is 24.1. The highest BCUT2D eigenvalue weighted by Gasteiger charge is 2.44. The Morgan fingerprint density at radius 2 is 0.574 bits per heavy atom. The summed E-state index contributed by atoms with van der Waals surface area (Å²) in [6.07, 6.45) is -33.8. The molecule has 4 N–H and O–H groups in total. The number of alkyl halides is 18. The predicted molar refractivity (Wildman–Crippen MR) is 197 cm³/mol. The summed E-state index contributed by atoms with van der Waals surface area (Å²) in [7, 11) is 0. The molecule has 0 atom stereocenters. The van der Waals surface area contributed by atoms with E-state index in [1.807, 2.05) is 0 Å². The van der Waals surface area contributed by atoms with E-state index in [0.29, 0.717) is 11.1 Å². The molecule has 0 fully saturated rings. The summed E-state index contributed by atoms with van der Waals surface area (Å²) in [5.74, 6) is -14.3. The molecule has 0 aromatic heterocycles. The average molecular weight is 1030 g/mol. The molecule has 32 heteroatoms. The van der Waals surface area contributed by atoms with Gasteiger partial charge in [0.25, 0.3) is 0 Å². The monoisotopic (exact) mass is 1030 g/mol. The number of carbonyl (C=O) groups excluding carboxylic acids is 6. The zero-order valence-corrected chi connectivity index (χ0v) is 35.1. The zero-order valence-electron chi connectivity index (χ0n) is 35.1. The van der Waals surface area contributed by atoms with Gasteiger partial charge in [-0.3, -0.25) is 38.6 Å². The van der Waals surface area contributed by atoms with Gasteiger partial charge in [0.1, 0.15) is 0 Å². The van der Waals surface area contributed by atoms with Crippen molar-refractivity contribution in [2.75, 3.05) is 78.5 Å². The molecule has 0 heterocycles. The molecule has 68 heavy (non-hydrogen) atoms. The highest BCUT2D eigenvalue weighted by molar-refractivity contribution is 5.84. The van der Waals surface area contributed by atoms with E-state index < -0.39 is 151 Å². The number of halogens is 18. The molecule has 14 nitrogen and oxygen atoms in total. The highest BCUT2D eigenvalue weighted by atomic mass is 19.4. The van der Waals surface area contributed by atoms with E-state index in [1.165, 1.54) is 44.7 Å². The number of hydrogen-bond donors (Lipinski definition) is 4. The minimum Gasteiger partial charge on any atom is -0.348 e. The van der Waals surface area contributed by atoms with Crippen molar-refractivity contribution >= 4 is 35.4 Å². The lowest BCUT2D eigenvalue weighted by molar-refractivity contribution is -0.185. The minimum absolute atomic E-state index is 0.208. The van der Waals surface area contributed by atoms with E-state index in [-0.39, 0.29) is 48.8 Å². The summed E-state index contributed by atoms with van der Waals surface area (Å²) in [4.78, 5) is 72.0. The lowest BCUT2D eigenvalue weighted by atomic mass is 10.1. The van der Waals surface area contributed by atoms with Crippen molar-refractivity contribution in [1.82, 2.24) is 40.9 Å². The molecule has 0 bridgehead atoms. The smallest absolute Gasteiger partial charge is 0.348 e. The van der Waals surface area contributed by atoms with Crippen LogP contribution in [0.1, 0.15) is 36.8 Å². The fourth-order valence-corrected chi connectivity index (χ4v) is 5.67. The minimum atomic E-state index is -5.48. The first kappa shape index (κ1) is 60.7. The largest absolute Gasteiger partial charge is 0.471 e. The molecule has 0 aliphatic heterocycles. The van der Waals surface area contributed by atoms with Crippen LogP contribution in [0.4, 0.5) is 79.0 Å². The fourth-order valence-electron chi connectivity index (χ4n) is 5.67. The lowest BCUT2D eigenvalue weighted by Crippen LogP contribution is -2.46. The van der Waals surface area contributed by atoms with Gasteiger partial charge in [0.2, 0.25) is 0 Å². The van der Waals surface area contributed by atoms with Gasteiger partial charge in [0, 0.05) is 91.6 Å². The van der Waals surface area contributed by atoms with E-state index in [2.05, 4.69) is 0 Å². The van der Waals surface area contributed by atoms with Crippen LogP contribution in [0.3, 0.4) is 0 Å². The Morgan fingerprint density at radius 3 is 0.794 bits per heavy atom. The second kappa shape index (κ2) is 26.5. The van der Waals surface area contributed by atoms with Gasteiger partial charge in [-0.15, -0.1) is 0 Å². The molecule has 0 unspecified atom stereocenters. The van der Waals surface area contributed by atoms with Crippen LogP contribution in [0.15, 0.2) is 24.3 Å². The first-order valence-electron chi connectivity index (χ1n) is 19.7. The van der Waals surface area contributed by atoms with Crippen molar-refractivity contribution in [3.63, 3.8) is 0 Å². The molecule has 1 rings (SSSR count). The molecular formula is C36H44F18N8O6. The van der Waals surface area contributed by atoms with Crippen LogP contribution in [0.25, 0.3) is 0 Å². The van der Waals surface area contributed by atoms with Crippen LogP contribution in [-0.2, 0) is 41.9 Å².